The zero-order valence-electron chi connectivity index (χ0n) is 6.76. The van der Waals surface area contributed by atoms with Crippen LogP contribution in [0.15, 0.2) is 12.1 Å². The van der Waals surface area contributed by atoms with Crippen molar-refractivity contribution in [1.29, 1.82) is 0 Å². The number of aromatic hydroxyl groups is 1. The SMILES string of the molecule is Br.NCCc1cc(O)c(F)c(F)c1. The van der Waals surface area contributed by atoms with E-state index in [-0.39, 0.29) is 17.0 Å². The molecular weight excluding hydrogens is 244 g/mol. The summed E-state index contributed by atoms with van der Waals surface area (Å²) in [5, 5.41) is 8.85. The fourth-order valence-electron chi connectivity index (χ4n) is 0.940. The average molecular weight is 254 g/mol. The average Bonchev–Trinajstić information content (AvgIpc) is 2.01. The van der Waals surface area contributed by atoms with Crippen LogP contribution in [0.4, 0.5) is 8.78 Å². The van der Waals surface area contributed by atoms with Crippen LogP contribution in [0.5, 0.6) is 5.75 Å². The van der Waals surface area contributed by atoms with E-state index in [1.807, 2.05) is 0 Å². The largest absolute Gasteiger partial charge is 0.505 e. The van der Waals surface area contributed by atoms with E-state index in [2.05, 4.69) is 0 Å². The number of nitrogens with two attached hydrogens (primary N) is 1. The molecule has 0 radical (unpaired) electrons. The third-order valence-electron chi connectivity index (χ3n) is 1.50. The number of halogens is 3. The van der Waals surface area contributed by atoms with Crippen molar-refractivity contribution in [2.24, 2.45) is 5.73 Å². The van der Waals surface area contributed by atoms with Crippen molar-refractivity contribution in [1.82, 2.24) is 0 Å². The molecule has 1 aromatic carbocycles. The third kappa shape index (κ3) is 2.93. The van der Waals surface area contributed by atoms with Crippen LogP contribution in [-0.4, -0.2) is 11.7 Å². The van der Waals surface area contributed by atoms with Gasteiger partial charge in [-0.1, -0.05) is 0 Å². The van der Waals surface area contributed by atoms with Crippen molar-refractivity contribution in [2.45, 2.75) is 6.42 Å². The highest BCUT2D eigenvalue weighted by Gasteiger charge is 2.08. The van der Waals surface area contributed by atoms with Gasteiger partial charge in [0.15, 0.2) is 17.4 Å². The molecule has 0 aliphatic rings. The highest BCUT2D eigenvalue weighted by molar-refractivity contribution is 8.93. The van der Waals surface area contributed by atoms with E-state index >= 15 is 0 Å². The summed E-state index contributed by atoms with van der Waals surface area (Å²) in [5.74, 6) is -2.92. The van der Waals surface area contributed by atoms with Crippen LogP contribution in [0.25, 0.3) is 0 Å². The Morgan fingerprint density at radius 2 is 1.92 bits per heavy atom. The van der Waals surface area contributed by atoms with E-state index in [9.17, 15) is 8.78 Å². The highest BCUT2D eigenvalue weighted by atomic mass is 79.9. The van der Waals surface area contributed by atoms with Crippen molar-refractivity contribution in [3.05, 3.63) is 29.3 Å². The molecule has 5 heteroatoms. The molecule has 0 saturated carbocycles. The topological polar surface area (TPSA) is 46.2 Å². The number of phenols is 1. The Hall–Kier alpha value is -0.680. The summed E-state index contributed by atoms with van der Waals surface area (Å²) < 4.78 is 25.1. The maximum absolute atomic E-state index is 12.6. The monoisotopic (exact) mass is 253 g/mol. The number of hydrogen-bond acceptors (Lipinski definition) is 2. The van der Waals surface area contributed by atoms with Gasteiger partial charge in [0.1, 0.15) is 0 Å². The van der Waals surface area contributed by atoms with Gasteiger partial charge in [-0.05, 0) is 30.7 Å². The van der Waals surface area contributed by atoms with Gasteiger partial charge in [-0.25, -0.2) is 4.39 Å². The van der Waals surface area contributed by atoms with Crippen LogP contribution in [0.3, 0.4) is 0 Å². The van der Waals surface area contributed by atoms with Crippen molar-refractivity contribution < 1.29 is 13.9 Å². The van der Waals surface area contributed by atoms with Gasteiger partial charge in [0.2, 0.25) is 0 Å². The molecule has 0 aliphatic carbocycles. The minimum atomic E-state index is -1.21. The van der Waals surface area contributed by atoms with Crippen molar-refractivity contribution in [3.63, 3.8) is 0 Å². The summed E-state index contributed by atoms with van der Waals surface area (Å²) in [5.41, 5.74) is 5.70. The Bertz CT molecular complexity index is 270. The molecule has 0 amide bonds. The molecule has 0 fully saturated rings. The lowest BCUT2D eigenvalue weighted by Crippen LogP contribution is -2.03. The van der Waals surface area contributed by atoms with Gasteiger partial charge >= 0.3 is 0 Å². The molecule has 0 aromatic heterocycles. The van der Waals surface area contributed by atoms with Crippen LogP contribution in [0.1, 0.15) is 5.56 Å². The van der Waals surface area contributed by atoms with Crippen LogP contribution in [0.2, 0.25) is 0 Å². The first-order chi connectivity index (χ1) is 5.65. The Balaban J connectivity index is 0.00000144. The maximum Gasteiger partial charge on any atom is 0.200 e. The second-order valence-electron chi connectivity index (χ2n) is 2.45. The standard InChI is InChI=1S/C8H9F2NO.BrH/c9-6-3-5(1-2-11)4-7(12)8(6)10;/h3-4,12H,1-2,11H2;1H. The van der Waals surface area contributed by atoms with Crippen LogP contribution in [0, 0.1) is 11.6 Å². The van der Waals surface area contributed by atoms with Gasteiger partial charge in [0.25, 0.3) is 0 Å². The van der Waals surface area contributed by atoms with Crippen molar-refractivity contribution >= 4 is 17.0 Å². The molecule has 2 nitrogen and oxygen atoms in total. The summed E-state index contributed by atoms with van der Waals surface area (Å²) in [7, 11) is 0. The van der Waals surface area contributed by atoms with E-state index < -0.39 is 17.4 Å². The predicted molar refractivity (Wildman–Crippen MR) is 51.1 cm³/mol. The molecule has 0 aliphatic heterocycles. The van der Waals surface area contributed by atoms with Gasteiger partial charge in [0.05, 0.1) is 0 Å². The molecular formula is C8H10BrF2NO. The van der Waals surface area contributed by atoms with Gasteiger partial charge in [-0.2, -0.15) is 4.39 Å². The van der Waals surface area contributed by atoms with E-state index in [0.29, 0.717) is 18.5 Å². The van der Waals surface area contributed by atoms with Gasteiger partial charge in [-0.15, -0.1) is 17.0 Å². The number of rotatable bonds is 2. The number of hydrogen-bond donors (Lipinski definition) is 2. The molecule has 0 bridgehead atoms. The Kier molecular flexibility index (Phi) is 4.87. The Labute approximate surface area is 85.1 Å². The first kappa shape index (κ1) is 12.3. The highest BCUT2D eigenvalue weighted by Crippen LogP contribution is 2.20. The van der Waals surface area contributed by atoms with Gasteiger partial charge in [0, 0.05) is 0 Å². The van der Waals surface area contributed by atoms with Gasteiger partial charge in [-0.3, -0.25) is 0 Å². The summed E-state index contributed by atoms with van der Waals surface area (Å²) in [6.45, 7) is 0.338. The van der Waals surface area contributed by atoms with E-state index in [1.165, 1.54) is 6.07 Å². The summed E-state index contributed by atoms with van der Waals surface area (Å²) in [6, 6.07) is 2.20. The minimum absolute atomic E-state index is 0. The first-order valence-corrected chi connectivity index (χ1v) is 3.52. The quantitative estimate of drug-likeness (QED) is 0.844. The third-order valence-corrected chi connectivity index (χ3v) is 1.50. The maximum atomic E-state index is 12.6. The molecule has 0 saturated heterocycles. The lowest BCUT2D eigenvalue weighted by Gasteiger charge is -2.01. The number of phenolic OH excluding ortho intramolecular Hbond substituents is 1. The molecule has 3 N–H and O–H groups in total. The molecule has 74 valence electrons. The summed E-state index contributed by atoms with van der Waals surface area (Å²) in [4.78, 5) is 0. The van der Waals surface area contributed by atoms with E-state index in [4.69, 9.17) is 10.8 Å². The summed E-state index contributed by atoms with van der Waals surface area (Å²) in [6.07, 6.45) is 0.421. The lowest BCUT2D eigenvalue weighted by atomic mass is 10.1. The van der Waals surface area contributed by atoms with Gasteiger partial charge < -0.3 is 10.8 Å². The molecule has 0 atom stereocenters. The second-order valence-corrected chi connectivity index (χ2v) is 2.45. The first-order valence-electron chi connectivity index (χ1n) is 3.52. The normalized spacial score (nSPS) is 9.46. The molecule has 13 heavy (non-hydrogen) atoms. The zero-order valence-corrected chi connectivity index (χ0v) is 8.47. The van der Waals surface area contributed by atoms with Crippen LogP contribution >= 0.6 is 17.0 Å². The molecule has 0 unspecified atom stereocenters. The minimum Gasteiger partial charge on any atom is -0.505 e. The molecule has 1 rings (SSSR count). The fourth-order valence-corrected chi connectivity index (χ4v) is 0.940. The van der Waals surface area contributed by atoms with Crippen LogP contribution in [-0.2, 0) is 6.42 Å². The Morgan fingerprint density at radius 1 is 1.31 bits per heavy atom. The predicted octanol–water partition coefficient (Wildman–Crippen LogP) is 1.75. The van der Waals surface area contributed by atoms with E-state index in [0.717, 1.165) is 6.07 Å². The lowest BCUT2D eigenvalue weighted by molar-refractivity contribution is 0.406. The molecule has 1 aromatic rings. The molecule has 0 spiro atoms. The molecule has 0 heterocycles. The second kappa shape index (κ2) is 5.14. The number of benzene rings is 1. The van der Waals surface area contributed by atoms with Crippen LogP contribution < -0.4 is 5.73 Å². The smallest absolute Gasteiger partial charge is 0.200 e. The Morgan fingerprint density at radius 3 is 2.38 bits per heavy atom. The fraction of sp³-hybridized carbons (Fsp3) is 0.250. The van der Waals surface area contributed by atoms with Crippen molar-refractivity contribution in [3.8, 4) is 5.75 Å². The van der Waals surface area contributed by atoms with Crippen molar-refractivity contribution in [2.75, 3.05) is 6.54 Å². The van der Waals surface area contributed by atoms with E-state index in [1.54, 1.807) is 0 Å². The summed E-state index contributed by atoms with van der Waals surface area (Å²) >= 11 is 0. The zero-order chi connectivity index (χ0) is 9.14.